The predicted octanol–water partition coefficient (Wildman–Crippen LogP) is 6.55. The number of benzene rings is 4. The number of carbonyl (C=O) groups is 1. The van der Waals surface area contributed by atoms with Crippen LogP contribution in [-0.4, -0.2) is 24.3 Å². The molecule has 4 rings (SSSR count). The molecule has 0 saturated carbocycles. The molecular weight excluding hydrogens is 388 g/mol. The molecule has 31 heavy (non-hydrogen) atoms. The zero-order chi connectivity index (χ0) is 21.8. The van der Waals surface area contributed by atoms with E-state index in [1.54, 1.807) is 0 Å². The Morgan fingerprint density at radius 1 is 0.774 bits per heavy atom. The highest BCUT2D eigenvalue weighted by Crippen LogP contribution is 2.45. The molecule has 0 amide bonds. The molecule has 0 aliphatic carbocycles. The molecule has 0 spiro atoms. The Balaban J connectivity index is 1.98. The first-order valence-corrected chi connectivity index (χ1v) is 10.6. The van der Waals surface area contributed by atoms with Gasteiger partial charge >= 0.3 is 5.97 Å². The molecule has 0 unspecified atom stereocenters. The molecule has 0 bridgehead atoms. The highest BCUT2D eigenvalue weighted by atomic mass is 16.5. The van der Waals surface area contributed by atoms with Gasteiger partial charge in [-0.15, -0.1) is 0 Å². The highest BCUT2D eigenvalue weighted by molar-refractivity contribution is 6.09. The van der Waals surface area contributed by atoms with Crippen LogP contribution in [0.4, 0.5) is 0 Å². The molecule has 0 aromatic heterocycles. The quantitative estimate of drug-likeness (QED) is 0.355. The fourth-order valence-electron chi connectivity index (χ4n) is 3.80. The van der Waals surface area contributed by atoms with Crippen LogP contribution in [0.5, 0.6) is 11.5 Å². The van der Waals surface area contributed by atoms with E-state index >= 15 is 0 Å². The molecule has 4 aromatic carbocycles. The van der Waals surface area contributed by atoms with Gasteiger partial charge in [-0.1, -0.05) is 74.5 Å². The van der Waals surface area contributed by atoms with Gasteiger partial charge in [0.15, 0.2) is 6.61 Å². The Morgan fingerprint density at radius 3 is 1.81 bits per heavy atom. The minimum Gasteiger partial charge on any atom is -0.493 e. The van der Waals surface area contributed by atoms with Gasteiger partial charge in [-0.3, -0.25) is 0 Å². The second-order valence-corrected chi connectivity index (χ2v) is 8.03. The topological polar surface area (TPSA) is 55.8 Å². The minimum absolute atomic E-state index is 0.403. The van der Waals surface area contributed by atoms with E-state index in [2.05, 4.69) is 32.0 Å². The molecule has 0 aliphatic heterocycles. The van der Waals surface area contributed by atoms with Crippen molar-refractivity contribution in [2.24, 2.45) is 5.92 Å². The van der Waals surface area contributed by atoms with Gasteiger partial charge in [0.25, 0.3) is 0 Å². The summed E-state index contributed by atoms with van der Waals surface area (Å²) in [7, 11) is 0. The summed E-state index contributed by atoms with van der Waals surface area (Å²) >= 11 is 0. The van der Waals surface area contributed by atoms with Gasteiger partial charge in [0, 0.05) is 11.1 Å². The van der Waals surface area contributed by atoms with Gasteiger partial charge in [-0.2, -0.15) is 0 Å². The SMILES string of the molecule is CC(C)CCOc1ccc2ccccc2c1-c1c(OCC(=O)O)ccc2ccccc12. The summed E-state index contributed by atoms with van der Waals surface area (Å²) in [5, 5.41) is 13.4. The summed E-state index contributed by atoms with van der Waals surface area (Å²) in [4.78, 5) is 11.2. The van der Waals surface area contributed by atoms with Crippen molar-refractivity contribution < 1.29 is 19.4 Å². The highest BCUT2D eigenvalue weighted by Gasteiger charge is 2.19. The maximum absolute atomic E-state index is 11.2. The second-order valence-electron chi connectivity index (χ2n) is 8.03. The Kier molecular flexibility index (Phi) is 6.08. The van der Waals surface area contributed by atoms with Crippen molar-refractivity contribution in [1.29, 1.82) is 0 Å². The van der Waals surface area contributed by atoms with E-state index in [9.17, 15) is 9.90 Å². The Bertz CT molecular complexity index is 1230. The molecule has 0 radical (unpaired) electrons. The van der Waals surface area contributed by atoms with Crippen molar-refractivity contribution >= 4 is 27.5 Å². The molecule has 158 valence electrons. The number of carboxylic acid groups (broad SMARTS) is 1. The fraction of sp³-hybridized carbons (Fsp3) is 0.222. The van der Waals surface area contributed by atoms with Crippen molar-refractivity contribution in [3.05, 3.63) is 72.8 Å². The van der Waals surface area contributed by atoms with Crippen LogP contribution in [0.1, 0.15) is 20.3 Å². The van der Waals surface area contributed by atoms with E-state index in [0.717, 1.165) is 44.8 Å². The fourth-order valence-corrected chi connectivity index (χ4v) is 3.80. The third-order valence-corrected chi connectivity index (χ3v) is 5.34. The van der Waals surface area contributed by atoms with Crippen LogP contribution in [0.3, 0.4) is 0 Å². The van der Waals surface area contributed by atoms with Crippen LogP contribution in [-0.2, 0) is 4.79 Å². The van der Waals surface area contributed by atoms with Crippen LogP contribution in [0.15, 0.2) is 72.8 Å². The normalized spacial score (nSPS) is 11.2. The summed E-state index contributed by atoms with van der Waals surface area (Å²) in [6, 6.07) is 24.1. The number of fused-ring (bicyclic) bond motifs is 2. The molecule has 0 saturated heterocycles. The lowest BCUT2D eigenvalue weighted by Gasteiger charge is -2.19. The third kappa shape index (κ3) is 4.48. The van der Waals surface area contributed by atoms with Crippen LogP contribution in [0, 0.1) is 5.92 Å². The molecule has 1 N–H and O–H groups in total. The number of ether oxygens (including phenoxy) is 2. The molecule has 4 heteroatoms. The van der Waals surface area contributed by atoms with Gasteiger partial charge in [0.05, 0.1) is 6.61 Å². The molecule has 0 heterocycles. The van der Waals surface area contributed by atoms with E-state index in [0.29, 0.717) is 18.3 Å². The average Bonchev–Trinajstić information content (AvgIpc) is 2.77. The Morgan fingerprint density at radius 2 is 1.29 bits per heavy atom. The van der Waals surface area contributed by atoms with Crippen LogP contribution < -0.4 is 9.47 Å². The first kappa shape index (κ1) is 20.7. The van der Waals surface area contributed by atoms with Gasteiger partial charge in [0.2, 0.25) is 0 Å². The van der Waals surface area contributed by atoms with E-state index in [1.165, 1.54) is 0 Å². The maximum Gasteiger partial charge on any atom is 0.341 e. The van der Waals surface area contributed by atoms with Crippen molar-refractivity contribution in [3.63, 3.8) is 0 Å². The average molecular weight is 415 g/mol. The second kappa shape index (κ2) is 9.09. The molecule has 0 aliphatic rings. The molecule has 0 fully saturated rings. The van der Waals surface area contributed by atoms with Crippen molar-refractivity contribution in [3.8, 4) is 22.6 Å². The Hall–Kier alpha value is -3.53. The smallest absolute Gasteiger partial charge is 0.341 e. The summed E-state index contributed by atoms with van der Waals surface area (Å²) in [5.74, 6) is 0.836. The van der Waals surface area contributed by atoms with E-state index in [4.69, 9.17) is 9.47 Å². The lowest BCUT2D eigenvalue weighted by Crippen LogP contribution is -2.10. The largest absolute Gasteiger partial charge is 0.493 e. The number of rotatable bonds is 8. The first-order valence-electron chi connectivity index (χ1n) is 10.6. The standard InChI is InChI=1S/C27H26O4/c1-18(2)15-16-30-23-13-11-19-7-3-5-9-21(19)26(23)27-22-10-6-4-8-20(22)12-14-24(27)31-17-25(28)29/h3-14,18H,15-17H2,1-2H3,(H,28,29). The predicted molar refractivity (Wildman–Crippen MR) is 125 cm³/mol. The van der Waals surface area contributed by atoms with Crippen LogP contribution >= 0.6 is 0 Å². The maximum atomic E-state index is 11.2. The van der Waals surface area contributed by atoms with Gasteiger partial charge in [0.1, 0.15) is 11.5 Å². The summed E-state index contributed by atoms with van der Waals surface area (Å²) in [6.45, 7) is 4.55. The van der Waals surface area contributed by atoms with Crippen LogP contribution in [0.2, 0.25) is 0 Å². The third-order valence-electron chi connectivity index (χ3n) is 5.34. The number of carboxylic acids is 1. The number of hydrogen-bond acceptors (Lipinski definition) is 3. The van der Waals surface area contributed by atoms with Crippen molar-refractivity contribution in [1.82, 2.24) is 0 Å². The Labute approximate surface area is 182 Å². The van der Waals surface area contributed by atoms with E-state index in [1.807, 2.05) is 54.6 Å². The molecule has 4 aromatic rings. The van der Waals surface area contributed by atoms with Gasteiger partial charge in [-0.05, 0) is 46.0 Å². The van der Waals surface area contributed by atoms with E-state index in [-0.39, 0.29) is 0 Å². The number of hydrogen-bond donors (Lipinski definition) is 1. The monoisotopic (exact) mass is 414 g/mol. The molecule has 0 atom stereocenters. The summed E-state index contributed by atoms with van der Waals surface area (Å²) in [5.41, 5.74) is 1.79. The zero-order valence-electron chi connectivity index (χ0n) is 17.8. The van der Waals surface area contributed by atoms with E-state index < -0.39 is 12.6 Å². The summed E-state index contributed by atoms with van der Waals surface area (Å²) in [6.07, 6.45) is 0.949. The van der Waals surface area contributed by atoms with Crippen molar-refractivity contribution in [2.75, 3.05) is 13.2 Å². The number of aliphatic carboxylic acids is 1. The van der Waals surface area contributed by atoms with Gasteiger partial charge < -0.3 is 14.6 Å². The molecular formula is C27H26O4. The summed E-state index contributed by atoms with van der Waals surface area (Å²) < 4.78 is 12.0. The minimum atomic E-state index is -1.01. The lowest BCUT2D eigenvalue weighted by molar-refractivity contribution is -0.139. The van der Waals surface area contributed by atoms with Crippen molar-refractivity contribution in [2.45, 2.75) is 20.3 Å². The lowest BCUT2D eigenvalue weighted by atomic mass is 9.92. The van der Waals surface area contributed by atoms with Gasteiger partial charge in [-0.25, -0.2) is 4.79 Å². The molecule has 4 nitrogen and oxygen atoms in total. The zero-order valence-corrected chi connectivity index (χ0v) is 17.8. The van der Waals surface area contributed by atoms with Crippen LogP contribution in [0.25, 0.3) is 32.7 Å². The first-order chi connectivity index (χ1) is 15.0.